The molecule has 2 aromatic carbocycles. The van der Waals surface area contributed by atoms with Gasteiger partial charge in [0.15, 0.2) is 0 Å². The lowest BCUT2D eigenvalue weighted by Crippen LogP contribution is -2.23. The summed E-state index contributed by atoms with van der Waals surface area (Å²) in [5, 5.41) is 3.51. The molecule has 0 spiro atoms. The van der Waals surface area contributed by atoms with Crippen molar-refractivity contribution in [3.63, 3.8) is 0 Å². The second-order valence-electron chi connectivity index (χ2n) is 5.05. The zero-order chi connectivity index (χ0) is 15.4. The van der Waals surface area contributed by atoms with Gasteiger partial charge in [0, 0.05) is 15.0 Å². The predicted octanol–water partition coefficient (Wildman–Crippen LogP) is 5.55. The Labute approximate surface area is 142 Å². The third-order valence-corrected chi connectivity index (χ3v) is 4.73. The highest BCUT2D eigenvalue weighted by Crippen LogP contribution is 2.29. The van der Waals surface area contributed by atoms with Gasteiger partial charge in [-0.05, 0) is 66.9 Å². The van der Waals surface area contributed by atoms with E-state index in [4.69, 9.17) is 0 Å². The molecule has 2 aromatic rings. The molecular formula is C17H18Br2FN. The molecule has 0 heterocycles. The van der Waals surface area contributed by atoms with Crippen LogP contribution >= 0.6 is 31.9 Å². The Kier molecular flexibility index (Phi) is 5.97. The van der Waals surface area contributed by atoms with E-state index in [-0.39, 0.29) is 11.9 Å². The molecule has 0 saturated carbocycles. The second kappa shape index (κ2) is 7.52. The summed E-state index contributed by atoms with van der Waals surface area (Å²) in [5.74, 6) is -0.181. The molecule has 112 valence electrons. The molecule has 0 amide bonds. The Morgan fingerprint density at radius 2 is 1.90 bits per heavy atom. The Morgan fingerprint density at radius 1 is 1.14 bits per heavy atom. The fourth-order valence-electron chi connectivity index (χ4n) is 2.43. The quantitative estimate of drug-likeness (QED) is 0.675. The van der Waals surface area contributed by atoms with Crippen LogP contribution in [0.25, 0.3) is 0 Å². The summed E-state index contributed by atoms with van der Waals surface area (Å²) in [6.45, 7) is 4.93. The van der Waals surface area contributed by atoms with Crippen molar-refractivity contribution in [3.05, 3.63) is 67.9 Å². The standard InChI is InChI=1S/C17H18Br2FN/c1-3-21-17(15-10-13(18)5-7-16(15)19)9-12-4-6-14(20)8-11(12)2/h4-8,10,17,21H,3,9H2,1-2H3. The lowest BCUT2D eigenvalue weighted by Gasteiger charge is -2.21. The van der Waals surface area contributed by atoms with Crippen molar-refractivity contribution in [1.82, 2.24) is 5.32 Å². The summed E-state index contributed by atoms with van der Waals surface area (Å²) < 4.78 is 15.4. The van der Waals surface area contributed by atoms with Gasteiger partial charge in [-0.3, -0.25) is 0 Å². The van der Waals surface area contributed by atoms with Gasteiger partial charge >= 0.3 is 0 Å². The van der Waals surface area contributed by atoms with Crippen LogP contribution in [0.4, 0.5) is 4.39 Å². The first-order valence-corrected chi connectivity index (χ1v) is 8.53. The van der Waals surface area contributed by atoms with Gasteiger partial charge in [-0.1, -0.05) is 44.8 Å². The van der Waals surface area contributed by atoms with Crippen molar-refractivity contribution < 1.29 is 4.39 Å². The lowest BCUT2D eigenvalue weighted by atomic mass is 9.96. The van der Waals surface area contributed by atoms with Crippen LogP contribution in [0.15, 0.2) is 45.3 Å². The first-order valence-electron chi connectivity index (χ1n) is 6.94. The molecule has 1 unspecified atom stereocenters. The molecule has 0 saturated heterocycles. The first kappa shape index (κ1) is 16.7. The van der Waals surface area contributed by atoms with E-state index in [0.29, 0.717) is 0 Å². The van der Waals surface area contributed by atoms with Gasteiger partial charge in [-0.25, -0.2) is 4.39 Å². The van der Waals surface area contributed by atoms with E-state index >= 15 is 0 Å². The number of likely N-dealkylation sites (N-methyl/N-ethyl adjacent to an activating group) is 1. The van der Waals surface area contributed by atoms with Gasteiger partial charge in [0.25, 0.3) is 0 Å². The number of hydrogen-bond donors (Lipinski definition) is 1. The topological polar surface area (TPSA) is 12.0 Å². The normalized spacial score (nSPS) is 12.4. The highest BCUT2D eigenvalue weighted by atomic mass is 79.9. The van der Waals surface area contributed by atoms with Crippen molar-refractivity contribution >= 4 is 31.9 Å². The summed E-state index contributed by atoms with van der Waals surface area (Å²) in [6.07, 6.45) is 0.828. The zero-order valence-electron chi connectivity index (χ0n) is 12.1. The van der Waals surface area contributed by atoms with Crippen molar-refractivity contribution in [2.75, 3.05) is 6.54 Å². The molecular weight excluding hydrogens is 397 g/mol. The number of aryl methyl sites for hydroxylation is 1. The molecule has 0 bridgehead atoms. The van der Waals surface area contributed by atoms with Gasteiger partial charge in [0.05, 0.1) is 0 Å². The molecule has 1 atom stereocenters. The molecule has 0 aromatic heterocycles. The van der Waals surface area contributed by atoms with Crippen molar-refractivity contribution in [1.29, 1.82) is 0 Å². The predicted molar refractivity (Wildman–Crippen MR) is 93.1 cm³/mol. The minimum Gasteiger partial charge on any atom is -0.310 e. The summed E-state index contributed by atoms with van der Waals surface area (Å²) in [4.78, 5) is 0. The zero-order valence-corrected chi connectivity index (χ0v) is 15.3. The van der Waals surface area contributed by atoms with E-state index in [2.05, 4.69) is 50.2 Å². The average Bonchev–Trinajstić information content (AvgIpc) is 2.44. The number of halogens is 3. The SMILES string of the molecule is CCNC(Cc1ccc(F)cc1C)c1cc(Br)ccc1Br. The van der Waals surface area contributed by atoms with Crippen LogP contribution in [0, 0.1) is 12.7 Å². The van der Waals surface area contributed by atoms with Crippen molar-refractivity contribution in [2.24, 2.45) is 0 Å². The Hall–Kier alpha value is -0.710. The van der Waals surface area contributed by atoms with Crippen LogP contribution in [-0.2, 0) is 6.42 Å². The highest BCUT2D eigenvalue weighted by Gasteiger charge is 2.16. The fourth-order valence-corrected chi connectivity index (χ4v) is 3.33. The number of nitrogens with one attached hydrogen (secondary N) is 1. The van der Waals surface area contributed by atoms with Crippen LogP contribution in [0.1, 0.15) is 29.7 Å². The largest absolute Gasteiger partial charge is 0.310 e. The fraction of sp³-hybridized carbons (Fsp3) is 0.294. The molecule has 2 rings (SSSR count). The van der Waals surface area contributed by atoms with Gasteiger partial charge in [0.1, 0.15) is 5.82 Å². The van der Waals surface area contributed by atoms with E-state index in [0.717, 1.165) is 33.0 Å². The molecule has 4 heteroatoms. The van der Waals surface area contributed by atoms with E-state index < -0.39 is 0 Å². The Balaban J connectivity index is 2.32. The molecule has 0 radical (unpaired) electrons. The number of hydrogen-bond acceptors (Lipinski definition) is 1. The molecule has 1 N–H and O–H groups in total. The van der Waals surface area contributed by atoms with Crippen LogP contribution in [0.3, 0.4) is 0 Å². The van der Waals surface area contributed by atoms with E-state index in [9.17, 15) is 4.39 Å². The highest BCUT2D eigenvalue weighted by molar-refractivity contribution is 9.11. The minimum absolute atomic E-state index is 0.181. The third kappa shape index (κ3) is 4.38. The lowest BCUT2D eigenvalue weighted by molar-refractivity contribution is 0.545. The first-order chi connectivity index (χ1) is 10.0. The van der Waals surface area contributed by atoms with Crippen molar-refractivity contribution in [2.45, 2.75) is 26.3 Å². The summed E-state index contributed by atoms with van der Waals surface area (Å²) >= 11 is 7.15. The maximum Gasteiger partial charge on any atom is 0.123 e. The summed E-state index contributed by atoms with van der Waals surface area (Å²) in [6, 6.07) is 11.4. The molecule has 0 aliphatic rings. The van der Waals surface area contributed by atoms with Gasteiger partial charge in [-0.15, -0.1) is 0 Å². The molecule has 1 nitrogen and oxygen atoms in total. The van der Waals surface area contributed by atoms with Gasteiger partial charge in [-0.2, -0.15) is 0 Å². The van der Waals surface area contributed by atoms with Crippen LogP contribution in [0.5, 0.6) is 0 Å². The van der Waals surface area contributed by atoms with Gasteiger partial charge in [0.2, 0.25) is 0 Å². The maximum absolute atomic E-state index is 13.2. The Morgan fingerprint density at radius 3 is 2.57 bits per heavy atom. The maximum atomic E-state index is 13.2. The third-order valence-electron chi connectivity index (χ3n) is 3.51. The van der Waals surface area contributed by atoms with Crippen LogP contribution in [0.2, 0.25) is 0 Å². The van der Waals surface area contributed by atoms with E-state index in [1.807, 2.05) is 25.1 Å². The molecule has 0 fully saturated rings. The molecule has 0 aliphatic heterocycles. The minimum atomic E-state index is -0.181. The molecule has 0 aliphatic carbocycles. The van der Waals surface area contributed by atoms with Gasteiger partial charge < -0.3 is 5.32 Å². The van der Waals surface area contributed by atoms with Crippen LogP contribution < -0.4 is 5.32 Å². The van der Waals surface area contributed by atoms with Crippen LogP contribution in [-0.4, -0.2) is 6.54 Å². The second-order valence-corrected chi connectivity index (χ2v) is 6.82. The summed E-state index contributed by atoms with van der Waals surface area (Å²) in [7, 11) is 0. The van der Waals surface area contributed by atoms with E-state index in [1.165, 1.54) is 11.6 Å². The Bertz CT molecular complexity index is 628. The average molecular weight is 415 g/mol. The molecule has 21 heavy (non-hydrogen) atoms. The van der Waals surface area contributed by atoms with Crippen molar-refractivity contribution in [3.8, 4) is 0 Å². The van der Waals surface area contributed by atoms with E-state index in [1.54, 1.807) is 6.07 Å². The smallest absolute Gasteiger partial charge is 0.123 e. The number of benzene rings is 2. The number of rotatable bonds is 5. The summed E-state index contributed by atoms with van der Waals surface area (Å²) in [5.41, 5.74) is 3.35. The monoisotopic (exact) mass is 413 g/mol.